The third-order valence-electron chi connectivity index (χ3n) is 3.41. The largest absolute Gasteiger partial charge is 0.326 e. The second kappa shape index (κ2) is 8.75. The number of carbonyl (C=O) groups is 2. The lowest BCUT2D eigenvalue weighted by Crippen LogP contribution is -2.17. The van der Waals surface area contributed by atoms with Crippen LogP contribution < -0.4 is 10.6 Å². The number of anilines is 2. The third-order valence-corrected chi connectivity index (χ3v) is 4.78. The molecular weight excluding hydrogens is 391 g/mol. The van der Waals surface area contributed by atoms with Gasteiger partial charge in [0.15, 0.2) is 0 Å². The van der Waals surface area contributed by atoms with Gasteiger partial charge in [-0.2, -0.15) is 0 Å². The highest BCUT2D eigenvalue weighted by Gasteiger charge is 2.18. The quantitative estimate of drug-likeness (QED) is 0.679. The Morgan fingerprint density at radius 2 is 1.27 bits per heavy atom. The molecule has 0 aliphatic heterocycles. The summed E-state index contributed by atoms with van der Waals surface area (Å²) in [6.45, 7) is 5.68. The van der Waals surface area contributed by atoms with Crippen LogP contribution in [0.2, 0.25) is 0 Å². The van der Waals surface area contributed by atoms with E-state index in [4.69, 9.17) is 23.2 Å². The van der Waals surface area contributed by atoms with Crippen LogP contribution in [0.3, 0.4) is 0 Å². The molecule has 0 heterocycles. The molecule has 0 saturated carbocycles. The Labute approximate surface area is 149 Å². The first-order valence-electron chi connectivity index (χ1n) is 6.84. The lowest BCUT2D eigenvalue weighted by atomic mass is 10.0. The number of halogens is 3. The molecule has 0 spiro atoms. The summed E-state index contributed by atoms with van der Waals surface area (Å²) in [7, 11) is 0. The van der Waals surface area contributed by atoms with Crippen LogP contribution in [0.15, 0.2) is 4.47 Å². The highest BCUT2D eigenvalue weighted by Crippen LogP contribution is 2.38. The van der Waals surface area contributed by atoms with Crippen molar-refractivity contribution in [2.24, 2.45) is 0 Å². The van der Waals surface area contributed by atoms with E-state index < -0.39 is 0 Å². The average Bonchev–Trinajstić information content (AvgIpc) is 2.47. The molecule has 1 aromatic rings. The van der Waals surface area contributed by atoms with Gasteiger partial charge in [0.2, 0.25) is 11.8 Å². The minimum absolute atomic E-state index is 0.133. The molecule has 0 radical (unpaired) electrons. The maximum absolute atomic E-state index is 11.8. The summed E-state index contributed by atoms with van der Waals surface area (Å²) in [5.41, 5.74) is 4.11. The fourth-order valence-corrected chi connectivity index (χ4v) is 2.97. The van der Waals surface area contributed by atoms with Crippen LogP contribution in [0.4, 0.5) is 11.4 Å². The van der Waals surface area contributed by atoms with Gasteiger partial charge >= 0.3 is 0 Å². The number of hydrogen-bond acceptors (Lipinski definition) is 2. The monoisotopic (exact) mass is 408 g/mol. The van der Waals surface area contributed by atoms with Crippen molar-refractivity contribution in [3.63, 3.8) is 0 Å². The first-order chi connectivity index (χ1) is 10.3. The van der Waals surface area contributed by atoms with Gasteiger partial charge in [0.05, 0.1) is 5.69 Å². The van der Waals surface area contributed by atoms with Crippen LogP contribution in [0.1, 0.15) is 29.5 Å². The van der Waals surface area contributed by atoms with Crippen molar-refractivity contribution in [2.75, 3.05) is 22.4 Å². The van der Waals surface area contributed by atoms with Gasteiger partial charge in [0.25, 0.3) is 0 Å². The summed E-state index contributed by atoms with van der Waals surface area (Å²) in [6, 6.07) is 0. The Hall–Kier alpha value is -0.780. The van der Waals surface area contributed by atoms with E-state index >= 15 is 0 Å². The Balaban J connectivity index is 3.20. The molecule has 1 aromatic carbocycles. The number of benzene rings is 1. The second-order valence-electron chi connectivity index (χ2n) is 4.91. The predicted molar refractivity (Wildman–Crippen MR) is 96.3 cm³/mol. The lowest BCUT2D eigenvalue weighted by Gasteiger charge is -2.20. The molecule has 2 amide bonds. The van der Waals surface area contributed by atoms with Crippen molar-refractivity contribution < 1.29 is 9.59 Å². The van der Waals surface area contributed by atoms with Crippen molar-refractivity contribution in [1.82, 2.24) is 0 Å². The minimum atomic E-state index is -0.142. The maximum Gasteiger partial charge on any atom is 0.225 e. The molecule has 0 aromatic heterocycles. The van der Waals surface area contributed by atoms with Gasteiger partial charge in [-0.05, 0) is 53.4 Å². The van der Waals surface area contributed by atoms with Crippen molar-refractivity contribution in [3.8, 4) is 0 Å². The zero-order valence-electron chi connectivity index (χ0n) is 12.8. The van der Waals surface area contributed by atoms with Gasteiger partial charge in [-0.25, -0.2) is 0 Å². The van der Waals surface area contributed by atoms with E-state index in [0.29, 0.717) is 5.69 Å². The summed E-state index contributed by atoms with van der Waals surface area (Å²) in [5, 5.41) is 5.74. The van der Waals surface area contributed by atoms with Gasteiger partial charge in [0.1, 0.15) is 0 Å². The molecule has 0 aliphatic rings. The highest BCUT2D eigenvalue weighted by atomic mass is 79.9. The number of amides is 2. The fourth-order valence-electron chi connectivity index (χ4n) is 2.03. The average molecular weight is 410 g/mol. The molecule has 4 nitrogen and oxygen atoms in total. The smallest absolute Gasteiger partial charge is 0.225 e. The number of nitrogens with one attached hydrogen (secondary N) is 2. The second-order valence-corrected chi connectivity index (χ2v) is 6.46. The topological polar surface area (TPSA) is 58.2 Å². The van der Waals surface area contributed by atoms with E-state index in [9.17, 15) is 9.59 Å². The number of carbonyl (C=O) groups excluding carboxylic acids is 2. The summed E-state index contributed by atoms with van der Waals surface area (Å²) in [6.07, 6.45) is 0.505. The summed E-state index contributed by atoms with van der Waals surface area (Å²) in [4.78, 5) is 23.6. The minimum Gasteiger partial charge on any atom is -0.326 e. The van der Waals surface area contributed by atoms with Gasteiger partial charge < -0.3 is 10.6 Å². The van der Waals surface area contributed by atoms with Gasteiger partial charge in [0, 0.05) is 34.8 Å². The molecule has 0 saturated heterocycles. The molecule has 0 aliphatic carbocycles. The molecule has 2 N–H and O–H groups in total. The van der Waals surface area contributed by atoms with Crippen molar-refractivity contribution >= 4 is 62.3 Å². The predicted octanol–water partition coefficient (Wildman–Crippen LogP) is 4.51. The summed E-state index contributed by atoms with van der Waals surface area (Å²) < 4.78 is 0.750. The molecule has 1 rings (SSSR count). The van der Waals surface area contributed by atoms with Gasteiger partial charge in [-0.15, -0.1) is 23.2 Å². The molecule has 0 bridgehead atoms. The van der Waals surface area contributed by atoms with Gasteiger partial charge in [-0.3, -0.25) is 9.59 Å². The van der Waals surface area contributed by atoms with E-state index in [1.165, 1.54) is 0 Å². The Morgan fingerprint density at radius 1 is 0.864 bits per heavy atom. The van der Waals surface area contributed by atoms with E-state index in [-0.39, 0.29) is 36.4 Å². The van der Waals surface area contributed by atoms with Crippen LogP contribution in [-0.2, 0) is 9.59 Å². The molecular formula is C15H19BrCl2N2O2. The number of rotatable bonds is 6. The molecule has 7 heteroatoms. The lowest BCUT2D eigenvalue weighted by molar-refractivity contribution is -0.116. The maximum atomic E-state index is 11.8. The summed E-state index contributed by atoms with van der Waals surface area (Å²) >= 11 is 14.7. The zero-order chi connectivity index (χ0) is 16.9. The van der Waals surface area contributed by atoms with E-state index in [2.05, 4.69) is 26.6 Å². The highest BCUT2D eigenvalue weighted by molar-refractivity contribution is 9.10. The Kier molecular flexibility index (Phi) is 7.66. The molecule has 0 atom stereocenters. The van der Waals surface area contributed by atoms with Crippen LogP contribution in [-0.4, -0.2) is 23.6 Å². The fraction of sp³-hybridized carbons (Fsp3) is 0.467. The normalized spacial score (nSPS) is 10.5. The molecule has 22 heavy (non-hydrogen) atoms. The molecule has 0 fully saturated rings. The van der Waals surface area contributed by atoms with Crippen LogP contribution in [0.25, 0.3) is 0 Å². The van der Waals surface area contributed by atoms with Crippen molar-refractivity contribution in [2.45, 2.75) is 33.6 Å². The van der Waals surface area contributed by atoms with Crippen LogP contribution in [0.5, 0.6) is 0 Å². The Bertz CT molecular complexity index is 511. The van der Waals surface area contributed by atoms with Crippen LogP contribution >= 0.6 is 39.1 Å². The Morgan fingerprint density at radius 3 is 1.73 bits per heavy atom. The molecule has 122 valence electrons. The SMILES string of the molecule is Cc1c(C)c(NC(=O)CCCl)c(Br)c(C)c1NC(=O)CCCl. The zero-order valence-corrected chi connectivity index (χ0v) is 15.9. The third kappa shape index (κ3) is 4.61. The summed E-state index contributed by atoms with van der Waals surface area (Å²) in [5.74, 6) is 0.270. The number of alkyl halides is 2. The van der Waals surface area contributed by atoms with E-state index in [1.807, 2.05) is 20.8 Å². The van der Waals surface area contributed by atoms with Crippen molar-refractivity contribution in [3.05, 3.63) is 21.2 Å². The van der Waals surface area contributed by atoms with E-state index in [1.54, 1.807) is 0 Å². The first kappa shape index (κ1) is 19.3. The molecule has 0 unspecified atom stereocenters. The van der Waals surface area contributed by atoms with Gasteiger partial charge in [-0.1, -0.05) is 0 Å². The number of hydrogen-bond donors (Lipinski definition) is 2. The van der Waals surface area contributed by atoms with Crippen LogP contribution in [0, 0.1) is 20.8 Å². The van der Waals surface area contributed by atoms with Crippen molar-refractivity contribution in [1.29, 1.82) is 0 Å². The standard InChI is InChI=1S/C15H19BrCl2N2O2/c1-8-9(2)15(20-12(22)5-7-18)13(16)10(3)14(8)19-11(21)4-6-17/h4-7H2,1-3H3,(H,19,21)(H,20,22). The first-order valence-corrected chi connectivity index (χ1v) is 8.70. The van der Waals surface area contributed by atoms with E-state index in [0.717, 1.165) is 26.9 Å².